The van der Waals surface area contributed by atoms with Crippen molar-refractivity contribution in [2.45, 2.75) is 32.2 Å². The molecule has 0 radical (unpaired) electrons. The minimum absolute atomic E-state index is 0.139. The zero-order valence-electron chi connectivity index (χ0n) is 11.3. The van der Waals surface area contributed by atoms with Gasteiger partial charge in [-0.25, -0.2) is 13.6 Å². The topological polar surface area (TPSA) is 84.3 Å². The van der Waals surface area contributed by atoms with Crippen LogP contribution < -0.4 is 10.6 Å². The summed E-state index contributed by atoms with van der Waals surface area (Å²) >= 11 is 0. The fourth-order valence-electron chi connectivity index (χ4n) is 2.11. The minimum atomic E-state index is -2.63. The Kier molecular flexibility index (Phi) is 4.35. The number of rotatable bonds is 5. The van der Waals surface area contributed by atoms with Gasteiger partial charge in [-0.05, 0) is 31.7 Å². The maximum Gasteiger partial charge on any atom is 0.319 e. The van der Waals surface area contributed by atoms with E-state index in [9.17, 15) is 23.7 Å². The highest BCUT2D eigenvalue weighted by Crippen LogP contribution is 2.35. The van der Waals surface area contributed by atoms with Crippen LogP contribution >= 0.6 is 0 Å². The Labute approximate surface area is 119 Å². The zero-order valence-corrected chi connectivity index (χ0v) is 11.3. The molecular formula is C13H15F2N3O3. The Morgan fingerprint density at radius 3 is 2.62 bits per heavy atom. The molecule has 1 saturated carbocycles. The molecule has 2 N–H and O–H groups in total. The first-order valence-electron chi connectivity index (χ1n) is 6.50. The van der Waals surface area contributed by atoms with E-state index in [1.807, 2.05) is 0 Å². The number of carbonyl (C=O) groups is 1. The molecule has 0 aliphatic heterocycles. The second-order valence-corrected chi connectivity index (χ2v) is 5.00. The lowest BCUT2D eigenvalue weighted by molar-refractivity contribution is -0.385. The average Bonchev–Trinajstić information content (AvgIpc) is 3.22. The summed E-state index contributed by atoms with van der Waals surface area (Å²) in [7, 11) is 0. The third kappa shape index (κ3) is 3.65. The van der Waals surface area contributed by atoms with Crippen LogP contribution in [-0.2, 0) is 0 Å². The smallest absolute Gasteiger partial charge is 0.319 e. The van der Waals surface area contributed by atoms with Gasteiger partial charge < -0.3 is 10.6 Å². The number of hydrogen-bond donors (Lipinski definition) is 2. The summed E-state index contributed by atoms with van der Waals surface area (Å²) in [5.41, 5.74) is 0.364. The number of urea groups is 1. The van der Waals surface area contributed by atoms with Crippen LogP contribution in [0.2, 0.25) is 0 Å². The maximum absolute atomic E-state index is 12.8. The molecule has 1 atom stereocenters. The van der Waals surface area contributed by atoms with E-state index in [4.69, 9.17) is 0 Å². The molecule has 8 heteroatoms. The van der Waals surface area contributed by atoms with Crippen LogP contribution in [0.4, 0.5) is 25.0 Å². The van der Waals surface area contributed by atoms with Crippen LogP contribution in [0.5, 0.6) is 0 Å². The number of nitro groups is 1. The molecule has 2 amide bonds. The van der Waals surface area contributed by atoms with Crippen LogP contribution in [0.3, 0.4) is 0 Å². The van der Waals surface area contributed by atoms with Gasteiger partial charge in [0, 0.05) is 6.07 Å². The van der Waals surface area contributed by atoms with Gasteiger partial charge in [0.1, 0.15) is 0 Å². The lowest BCUT2D eigenvalue weighted by atomic mass is 10.1. The molecule has 0 saturated heterocycles. The molecule has 1 aromatic rings. The van der Waals surface area contributed by atoms with Gasteiger partial charge >= 0.3 is 6.03 Å². The Morgan fingerprint density at radius 1 is 1.43 bits per heavy atom. The van der Waals surface area contributed by atoms with Gasteiger partial charge in [-0.2, -0.15) is 0 Å². The van der Waals surface area contributed by atoms with Gasteiger partial charge in [0.25, 0.3) is 12.1 Å². The number of benzene rings is 1. The summed E-state index contributed by atoms with van der Waals surface area (Å²) in [6.07, 6.45) is -1.29. The highest BCUT2D eigenvalue weighted by atomic mass is 19.3. The second-order valence-electron chi connectivity index (χ2n) is 5.00. The summed E-state index contributed by atoms with van der Waals surface area (Å²) in [6.45, 7) is 1.49. The largest absolute Gasteiger partial charge is 0.329 e. The number of carbonyl (C=O) groups excluding carboxylic acids is 1. The summed E-state index contributed by atoms with van der Waals surface area (Å²) in [4.78, 5) is 22.0. The Morgan fingerprint density at radius 2 is 2.10 bits per heavy atom. The summed E-state index contributed by atoms with van der Waals surface area (Å²) in [5.74, 6) is -0.193. The molecule has 21 heavy (non-hydrogen) atoms. The van der Waals surface area contributed by atoms with Crippen LogP contribution in [0.1, 0.15) is 18.4 Å². The molecule has 1 aliphatic rings. The van der Waals surface area contributed by atoms with E-state index in [0.29, 0.717) is 12.8 Å². The third-order valence-electron chi connectivity index (χ3n) is 3.45. The quantitative estimate of drug-likeness (QED) is 0.647. The summed E-state index contributed by atoms with van der Waals surface area (Å²) in [5, 5.41) is 15.4. The predicted octanol–water partition coefficient (Wildman–Crippen LogP) is 3.07. The Bertz CT molecular complexity index is 560. The van der Waals surface area contributed by atoms with Crippen molar-refractivity contribution < 1.29 is 18.5 Å². The van der Waals surface area contributed by atoms with E-state index in [2.05, 4.69) is 10.6 Å². The standard InChI is InChI=1S/C13H15F2N3O3/c1-7-9(3-2-4-10(7)18(20)21)16-13(19)17-11(12(14)15)8-5-6-8/h2-4,8,11-12H,5-6H2,1H3,(H2,16,17,19)/t11-/m1/s1. The lowest BCUT2D eigenvalue weighted by Gasteiger charge is -2.18. The molecule has 1 aliphatic carbocycles. The molecule has 114 valence electrons. The van der Waals surface area contributed by atoms with Gasteiger partial charge in [0.05, 0.1) is 22.2 Å². The molecule has 2 rings (SSSR count). The number of alkyl halides is 2. The van der Waals surface area contributed by atoms with E-state index in [0.717, 1.165) is 0 Å². The zero-order chi connectivity index (χ0) is 15.6. The maximum atomic E-state index is 12.8. The monoisotopic (exact) mass is 299 g/mol. The molecule has 1 fully saturated rings. The van der Waals surface area contributed by atoms with Crippen molar-refractivity contribution in [1.82, 2.24) is 5.32 Å². The van der Waals surface area contributed by atoms with E-state index < -0.39 is 23.4 Å². The molecule has 1 aromatic carbocycles. The van der Waals surface area contributed by atoms with Crippen LogP contribution in [-0.4, -0.2) is 23.4 Å². The van der Waals surface area contributed by atoms with Crippen LogP contribution in [0, 0.1) is 23.0 Å². The fraction of sp³-hybridized carbons (Fsp3) is 0.462. The minimum Gasteiger partial charge on any atom is -0.329 e. The van der Waals surface area contributed by atoms with Crippen LogP contribution in [0.25, 0.3) is 0 Å². The van der Waals surface area contributed by atoms with Crippen molar-refractivity contribution in [1.29, 1.82) is 0 Å². The number of amides is 2. The normalized spacial score (nSPS) is 15.6. The highest BCUT2D eigenvalue weighted by molar-refractivity contribution is 5.91. The van der Waals surface area contributed by atoms with Gasteiger partial charge in [0.15, 0.2) is 0 Å². The molecule has 0 spiro atoms. The second kappa shape index (κ2) is 6.02. The van der Waals surface area contributed by atoms with E-state index in [-0.39, 0.29) is 22.9 Å². The van der Waals surface area contributed by atoms with E-state index in [1.165, 1.54) is 25.1 Å². The molecule has 6 nitrogen and oxygen atoms in total. The molecule has 0 unspecified atom stereocenters. The van der Waals surface area contributed by atoms with Gasteiger partial charge in [-0.3, -0.25) is 10.1 Å². The summed E-state index contributed by atoms with van der Waals surface area (Å²) < 4.78 is 25.6. The van der Waals surface area contributed by atoms with Gasteiger partial charge in [0.2, 0.25) is 0 Å². The van der Waals surface area contributed by atoms with Crippen molar-refractivity contribution in [3.63, 3.8) is 0 Å². The van der Waals surface area contributed by atoms with Crippen molar-refractivity contribution >= 4 is 17.4 Å². The number of nitro benzene ring substituents is 1. The van der Waals surface area contributed by atoms with E-state index in [1.54, 1.807) is 0 Å². The molecule has 0 heterocycles. The van der Waals surface area contributed by atoms with Crippen molar-refractivity contribution in [3.8, 4) is 0 Å². The number of halogens is 2. The SMILES string of the molecule is Cc1c(NC(=O)N[C@@H](C(F)F)C2CC2)cccc1[N+](=O)[O-]. The summed E-state index contributed by atoms with van der Waals surface area (Å²) in [6, 6.07) is 2.26. The van der Waals surface area contributed by atoms with Crippen molar-refractivity contribution in [3.05, 3.63) is 33.9 Å². The Balaban J connectivity index is 2.05. The average molecular weight is 299 g/mol. The number of anilines is 1. The van der Waals surface area contributed by atoms with Gasteiger partial charge in [-0.1, -0.05) is 6.07 Å². The molecule has 0 bridgehead atoms. The van der Waals surface area contributed by atoms with E-state index >= 15 is 0 Å². The molecular weight excluding hydrogens is 284 g/mol. The first kappa shape index (κ1) is 15.1. The highest BCUT2D eigenvalue weighted by Gasteiger charge is 2.38. The fourth-order valence-corrected chi connectivity index (χ4v) is 2.11. The third-order valence-corrected chi connectivity index (χ3v) is 3.45. The molecule has 0 aromatic heterocycles. The first-order valence-corrected chi connectivity index (χ1v) is 6.50. The Hall–Kier alpha value is -2.25. The lowest BCUT2D eigenvalue weighted by Crippen LogP contribution is -2.43. The van der Waals surface area contributed by atoms with Crippen molar-refractivity contribution in [2.24, 2.45) is 5.92 Å². The number of nitrogens with one attached hydrogen (secondary N) is 2. The van der Waals surface area contributed by atoms with Crippen molar-refractivity contribution in [2.75, 3.05) is 5.32 Å². The number of nitrogens with zero attached hydrogens (tertiary/aromatic N) is 1. The number of hydrogen-bond acceptors (Lipinski definition) is 3. The van der Waals surface area contributed by atoms with Crippen LogP contribution in [0.15, 0.2) is 18.2 Å². The van der Waals surface area contributed by atoms with Gasteiger partial charge in [-0.15, -0.1) is 0 Å². The first-order chi connectivity index (χ1) is 9.90. The predicted molar refractivity (Wildman–Crippen MR) is 72.5 cm³/mol.